The summed E-state index contributed by atoms with van der Waals surface area (Å²) >= 11 is 0. The molecular weight excluding hydrogens is 436 g/mol. The molecule has 2 aromatic rings. The molecule has 0 spiro atoms. The standard InChI is InChI=1S/C30H40N2O3/c1-23-14-6-7-15-24(23)22-29(33)32-21-13-5-3-4-12-20-31(2)30(34)25-16-8-10-18-27(25)35-28-19-11-9-17-26(28)32/h6-8,10,14-16,18,26,28H,3-5,9,11-13,17,19-22H2,1-2H3/t26-,28+/m1/s1. The Morgan fingerprint density at radius 1 is 0.886 bits per heavy atom. The number of rotatable bonds is 2. The lowest BCUT2D eigenvalue weighted by Gasteiger charge is -2.40. The van der Waals surface area contributed by atoms with Crippen LogP contribution in [0.4, 0.5) is 0 Å². The van der Waals surface area contributed by atoms with Gasteiger partial charge in [0, 0.05) is 20.1 Å². The molecule has 188 valence electrons. The fourth-order valence-electron chi connectivity index (χ4n) is 5.50. The summed E-state index contributed by atoms with van der Waals surface area (Å²) in [5, 5.41) is 0. The highest BCUT2D eigenvalue weighted by atomic mass is 16.5. The van der Waals surface area contributed by atoms with Crippen LogP contribution in [-0.2, 0) is 11.2 Å². The van der Waals surface area contributed by atoms with Crippen molar-refractivity contribution < 1.29 is 14.3 Å². The molecule has 1 aliphatic heterocycles. The molecule has 0 bridgehead atoms. The maximum Gasteiger partial charge on any atom is 0.257 e. The predicted octanol–water partition coefficient (Wildman–Crippen LogP) is 5.79. The maximum atomic E-state index is 13.7. The summed E-state index contributed by atoms with van der Waals surface area (Å²) in [7, 11) is 1.88. The van der Waals surface area contributed by atoms with Gasteiger partial charge in [0.15, 0.2) is 0 Å². The van der Waals surface area contributed by atoms with Gasteiger partial charge in [0.05, 0.1) is 18.0 Å². The summed E-state index contributed by atoms with van der Waals surface area (Å²) in [4.78, 5) is 30.9. The number of hydrogen-bond acceptors (Lipinski definition) is 3. The van der Waals surface area contributed by atoms with Crippen LogP contribution < -0.4 is 4.74 Å². The fraction of sp³-hybridized carbons (Fsp3) is 0.533. The number of ether oxygens (including phenoxy) is 1. The van der Waals surface area contributed by atoms with Crippen molar-refractivity contribution in [3.05, 3.63) is 65.2 Å². The Hall–Kier alpha value is -2.82. The molecule has 1 aliphatic carbocycles. The number of fused-ring (bicyclic) bond motifs is 2. The smallest absolute Gasteiger partial charge is 0.257 e. The van der Waals surface area contributed by atoms with Gasteiger partial charge >= 0.3 is 0 Å². The second kappa shape index (κ2) is 12.2. The zero-order valence-electron chi connectivity index (χ0n) is 21.4. The topological polar surface area (TPSA) is 49.9 Å². The first-order valence-electron chi connectivity index (χ1n) is 13.4. The van der Waals surface area contributed by atoms with Crippen LogP contribution >= 0.6 is 0 Å². The van der Waals surface area contributed by atoms with Gasteiger partial charge in [-0.2, -0.15) is 0 Å². The van der Waals surface area contributed by atoms with E-state index in [4.69, 9.17) is 4.74 Å². The van der Waals surface area contributed by atoms with Crippen LogP contribution in [0.15, 0.2) is 48.5 Å². The number of aryl methyl sites for hydroxylation is 1. The van der Waals surface area contributed by atoms with Crippen LogP contribution in [0.5, 0.6) is 5.75 Å². The van der Waals surface area contributed by atoms with Crippen LogP contribution in [0.2, 0.25) is 0 Å². The van der Waals surface area contributed by atoms with Crippen LogP contribution in [0, 0.1) is 6.92 Å². The van der Waals surface area contributed by atoms with E-state index in [1.165, 1.54) is 0 Å². The largest absolute Gasteiger partial charge is 0.487 e. The van der Waals surface area contributed by atoms with Crippen molar-refractivity contribution in [1.82, 2.24) is 9.80 Å². The zero-order valence-corrected chi connectivity index (χ0v) is 21.4. The molecular formula is C30H40N2O3. The average Bonchev–Trinajstić information content (AvgIpc) is 2.87. The molecule has 5 nitrogen and oxygen atoms in total. The van der Waals surface area contributed by atoms with Crippen LogP contribution in [0.3, 0.4) is 0 Å². The first kappa shape index (κ1) is 25.3. The first-order chi connectivity index (χ1) is 17.0. The van der Waals surface area contributed by atoms with Gasteiger partial charge in [-0.15, -0.1) is 0 Å². The number of hydrogen-bond donors (Lipinski definition) is 0. The van der Waals surface area contributed by atoms with E-state index in [-0.39, 0.29) is 24.0 Å². The van der Waals surface area contributed by atoms with Gasteiger partial charge < -0.3 is 14.5 Å². The molecule has 2 aliphatic rings. The normalized spacial score (nSPS) is 22.3. The summed E-state index contributed by atoms with van der Waals surface area (Å²) in [5.74, 6) is 0.839. The number of nitrogens with zero attached hydrogens (tertiary/aromatic N) is 2. The van der Waals surface area contributed by atoms with Crippen molar-refractivity contribution in [2.45, 2.75) is 83.3 Å². The minimum Gasteiger partial charge on any atom is -0.487 e. The van der Waals surface area contributed by atoms with Crippen molar-refractivity contribution in [1.29, 1.82) is 0 Å². The molecule has 2 atom stereocenters. The molecule has 5 heteroatoms. The Morgan fingerprint density at radius 2 is 1.57 bits per heavy atom. The van der Waals surface area contributed by atoms with E-state index < -0.39 is 0 Å². The molecule has 1 saturated carbocycles. The third-order valence-electron chi connectivity index (χ3n) is 7.63. The third-order valence-corrected chi connectivity index (χ3v) is 7.63. The number of amides is 2. The molecule has 2 amide bonds. The predicted molar refractivity (Wildman–Crippen MR) is 140 cm³/mol. The Balaban J connectivity index is 1.63. The van der Waals surface area contributed by atoms with Crippen molar-refractivity contribution in [3.63, 3.8) is 0 Å². The van der Waals surface area contributed by atoms with Crippen molar-refractivity contribution in [2.75, 3.05) is 20.1 Å². The molecule has 4 rings (SSSR count). The minimum absolute atomic E-state index is 0.00955. The maximum absolute atomic E-state index is 13.7. The Kier molecular flexibility index (Phi) is 8.84. The quantitative estimate of drug-likeness (QED) is 0.551. The first-order valence-corrected chi connectivity index (χ1v) is 13.4. The highest BCUT2D eigenvalue weighted by Crippen LogP contribution is 2.31. The molecule has 2 aromatic carbocycles. The fourth-order valence-corrected chi connectivity index (χ4v) is 5.50. The highest BCUT2D eigenvalue weighted by Gasteiger charge is 2.35. The average molecular weight is 477 g/mol. The molecule has 1 fully saturated rings. The van der Waals surface area contributed by atoms with Crippen molar-refractivity contribution in [3.8, 4) is 5.75 Å². The van der Waals surface area contributed by atoms with Gasteiger partial charge in [-0.05, 0) is 62.3 Å². The minimum atomic E-state index is -0.103. The number of benzene rings is 2. The van der Waals surface area contributed by atoms with E-state index in [1.54, 1.807) is 0 Å². The van der Waals surface area contributed by atoms with Gasteiger partial charge in [0.1, 0.15) is 11.9 Å². The SMILES string of the molecule is Cc1ccccc1CC(=O)N1CCCCCCCN(C)C(=O)c2ccccc2O[C@H]2CCCC[C@H]21. The molecule has 0 unspecified atom stereocenters. The number of para-hydroxylation sites is 1. The Labute approximate surface area is 210 Å². The van der Waals surface area contributed by atoms with Crippen LogP contribution in [-0.4, -0.2) is 53.9 Å². The molecule has 1 heterocycles. The molecule has 0 aromatic heterocycles. The van der Waals surface area contributed by atoms with E-state index in [0.29, 0.717) is 17.7 Å². The van der Waals surface area contributed by atoms with Crippen LogP contribution in [0.25, 0.3) is 0 Å². The van der Waals surface area contributed by atoms with Crippen molar-refractivity contribution >= 4 is 11.8 Å². The monoisotopic (exact) mass is 476 g/mol. The molecule has 35 heavy (non-hydrogen) atoms. The van der Waals surface area contributed by atoms with Gasteiger partial charge in [0.2, 0.25) is 5.91 Å². The van der Waals surface area contributed by atoms with E-state index in [0.717, 1.165) is 82.0 Å². The molecule has 0 radical (unpaired) electrons. The van der Waals surface area contributed by atoms with E-state index in [2.05, 4.69) is 24.0 Å². The van der Waals surface area contributed by atoms with Gasteiger partial charge in [-0.3, -0.25) is 9.59 Å². The van der Waals surface area contributed by atoms with Crippen molar-refractivity contribution in [2.24, 2.45) is 0 Å². The van der Waals surface area contributed by atoms with Crippen LogP contribution in [0.1, 0.15) is 79.3 Å². The lowest BCUT2D eigenvalue weighted by Crippen LogP contribution is -2.51. The van der Waals surface area contributed by atoms with Gasteiger partial charge in [-0.25, -0.2) is 0 Å². The van der Waals surface area contributed by atoms with E-state index >= 15 is 0 Å². The second-order valence-corrected chi connectivity index (χ2v) is 10.2. The molecule has 0 N–H and O–H groups in total. The lowest BCUT2D eigenvalue weighted by atomic mass is 9.90. The summed E-state index contributed by atoms with van der Waals surface area (Å²) in [5.41, 5.74) is 2.87. The highest BCUT2D eigenvalue weighted by molar-refractivity contribution is 5.96. The lowest BCUT2D eigenvalue weighted by molar-refractivity contribution is -0.136. The number of carbonyl (C=O) groups is 2. The Bertz CT molecular complexity index is 1000. The third kappa shape index (κ3) is 6.45. The summed E-state index contributed by atoms with van der Waals surface area (Å²) < 4.78 is 6.61. The summed E-state index contributed by atoms with van der Waals surface area (Å²) in [6.07, 6.45) is 9.67. The summed E-state index contributed by atoms with van der Waals surface area (Å²) in [6, 6.07) is 15.8. The zero-order chi connectivity index (χ0) is 24.6. The summed E-state index contributed by atoms with van der Waals surface area (Å²) in [6.45, 7) is 3.60. The second-order valence-electron chi connectivity index (χ2n) is 10.2. The van der Waals surface area contributed by atoms with Gasteiger partial charge in [-0.1, -0.05) is 62.1 Å². The Morgan fingerprint density at radius 3 is 2.40 bits per heavy atom. The van der Waals surface area contributed by atoms with Gasteiger partial charge in [0.25, 0.3) is 5.91 Å². The number of carbonyl (C=O) groups excluding carboxylic acids is 2. The van der Waals surface area contributed by atoms with E-state index in [9.17, 15) is 9.59 Å². The van der Waals surface area contributed by atoms with E-state index in [1.807, 2.05) is 48.3 Å². The molecule has 0 saturated heterocycles.